The first-order valence-electron chi connectivity index (χ1n) is 7.16. The fourth-order valence-corrected chi connectivity index (χ4v) is 3.48. The average molecular weight is 313 g/mol. The number of benzene rings is 1. The Labute approximate surface area is 126 Å². The Balaban J connectivity index is 1.98. The molecule has 1 aliphatic rings. The monoisotopic (exact) mass is 313 g/mol. The number of likely N-dealkylation sites (tertiary alicyclic amines) is 1. The Morgan fingerprint density at radius 2 is 2.15 bits per heavy atom. The highest BCUT2D eigenvalue weighted by molar-refractivity contribution is 7.36. The number of rotatable bonds is 5. The standard InChI is InChI=1S/C15H25NO2P2/c1-18-13-6-5-12(10-17)16(9-13)8-7-11-3-2-4-14(19)15(11)20/h2-4,12-13,17H,5-10,19-20H2,1H3/t12-,13-/m1/s1. The van der Waals surface area contributed by atoms with Gasteiger partial charge in [0.25, 0.3) is 0 Å². The maximum absolute atomic E-state index is 9.53. The number of aliphatic hydroxyl groups is 1. The quantitative estimate of drug-likeness (QED) is 0.813. The van der Waals surface area contributed by atoms with Crippen LogP contribution in [0, 0.1) is 0 Å². The Morgan fingerprint density at radius 3 is 2.85 bits per heavy atom. The second-order valence-electron chi connectivity index (χ2n) is 5.44. The van der Waals surface area contributed by atoms with Crippen molar-refractivity contribution in [2.45, 2.75) is 31.4 Å². The van der Waals surface area contributed by atoms with E-state index in [1.54, 1.807) is 7.11 Å². The number of nitrogens with zero attached hydrogens (tertiary/aromatic N) is 1. The van der Waals surface area contributed by atoms with E-state index in [-0.39, 0.29) is 12.6 Å². The number of methoxy groups -OCH3 is 1. The van der Waals surface area contributed by atoms with Crippen LogP contribution < -0.4 is 10.6 Å². The van der Waals surface area contributed by atoms with Crippen LogP contribution in [0.1, 0.15) is 18.4 Å². The molecule has 0 aromatic heterocycles. The first kappa shape index (κ1) is 16.3. The van der Waals surface area contributed by atoms with Crippen molar-refractivity contribution < 1.29 is 9.84 Å². The van der Waals surface area contributed by atoms with Crippen LogP contribution in [0.3, 0.4) is 0 Å². The Hall–Kier alpha value is -0.0400. The molecule has 1 saturated heterocycles. The third-order valence-electron chi connectivity index (χ3n) is 4.22. The Morgan fingerprint density at radius 1 is 1.35 bits per heavy atom. The Kier molecular flexibility index (Phi) is 6.39. The molecule has 1 aliphatic heterocycles. The van der Waals surface area contributed by atoms with E-state index in [0.717, 1.165) is 32.4 Å². The van der Waals surface area contributed by atoms with Gasteiger partial charge in [0.15, 0.2) is 0 Å². The lowest BCUT2D eigenvalue weighted by atomic mass is 9.99. The summed E-state index contributed by atoms with van der Waals surface area (Å²) < 4.78 is 5.48. The number of ether oxygens (including phenoxy) is 1. The smallest absolute Gasteiger partial charge is 0.0698 e. The molecule has 2 rings (SSSR count). The molecule has 0 radical (unpaired) electrons. The van der Waals surface area contributed by atoms with Gasteiger partial charge in [-0.1, -0.05) is 18.2 Å². The lowest BCUT2D eigenvalue weighted by Gasteiger charge is -2.38. The highest BCUT2D eigenvalue weighted by Crippen LogP contribution is 2.19. The number of hydrogen-bond donors (Lipinski definition) is 1. The summed E-state index contributed by atoms with van der Waals surface area (Å²) in [4.78, 5) is 2.37. The summed E-state index contributed by atoms with van der Waals surface area (Å²) >= 11 is 0. The van der Waals surface area contributed by atoms with Crippen molar-refractivity contribution in [1.29, 1.82) is 0 Å². The summed E-state index contributed by atoms with van der Waals surface area (Å²) in [6.45, 7) is 2.14. The van der Waals surface area contributed by atoms with Gasteiger partial charge in [-0.3, -0.25) is 4.90 Å². The zero-order chi connectivity index (χ0) is 14.5. The van der Waals surface area contributed by atoms with Gasteiger partial charge in [0, 0.05) is 26.2 Å². The molecule has 0 bridgehead atoms. The zero-order valence-electron chi connectivity index (χ0n) is 12.1. The molecule has 112 valence electrons. The van der Waals surface area contributed by atoms with E-state index in [4.69, 9.17) is 4.74 Å². The molecule has 0 amide bonds. The van der Waals surface area contributed by atoms with E-state index >= 15 is 0 Å². The van der Waals surface area contributed by atoms with Crippen molar-refractivity contribution in [2.75, 3.05) is 26.8 Å². The molecular weight excluding hydrogens is 288 g/mol. The normalized spacial score (nSPS) is 24.0. The minimum absolute atomic E-state index is 0.244. The van der Waals surface area contributed by atoms with Gasteiger partial charge in [-0.2, -0.15) is 0 Å². The maximum atomic E-state index is 9.53. The van der Waals surface area contributed by atoms with Gasteiger partial charge < -0.3 is 9.84 Å². The van der Waals surface area contributed by atoms with Crippen molar-refractivity contribution in [3.05, 3.63) is 23.8 Å². The lowest BCUT2D eigenvalue weighted by Crippen LogP contribution is -2.48. The SMILES string of the molecule is CO[C@@H]1CC[C@H](CO)N(CCc2cccc(P)c2P)C1. The van der Waals surface area contributed by atoms with Crippen LogP contribution in [-0.4, -0.2) is 49.0 Å². The van der Waals surface area contributed by atoms with Crippen LogP contribution in [0.25, 0.3) is 0 Å². The van der Waals surface area contributed by atoms with Crippen molar-refractivity contribution in [3.8, 4) is 0 Å². The van der Waals surface area contributed by atoms with Gasteiger partial charge in [-0.25, -0.2) is 0 Å². The van der Waals surface area contributed by atoms with E-state index in [1.165, 1.54) is 16.2 Å². The maximum Gasteiger partial charge on any atom is 0.0698 e. The van der Waals surface area contributed by atoms with Crippen LogP contribution in [0.4, 0.5) is 0 Å². The van der Waals surface area contributed by atoms with E-state index in [0.29, 0.717) is 6.10 Å². The van der Waals surface area contributed by atoms with Crippen LogP contribution in [0.2, 0.25) is 0 Å². The minimum atomic E-state index is 0.244. The third-order valence-corrected chi connectivity index (χ3v) is 5.76. The molecule has 1 aromatic carbocycles. The first-order valence-corrected chi connectivity index (χ1v) is 8.31. The predicted molar refractivity (Wildman–Crippen MR) is 91.3 cm³/mol. The van der Waals surface area contributed by atoms with E-state index in [1.807, 2.05) is 0 Å². The second kappa shape index (κ2) is 7.82. The van der Waals surface area contributed by atoms with Gasteiger partial charge in [0.05, 0.1) is 12.7 Å². The van der Waals surface area contributed by atoms with E-state index < -0.39 is 0 Å². The van der Waals surface area contributed by atoms with Gasteiger partial charge in [-0.15, -0.1) is 18.5 Å². The molecule has 1 fully saturated rings. The molecule has 0 saturated carbocycles. The highest BCUT2D eigenvalue weighted by atomic mass is 31.0. The van der Waals surface area contributed by atoms with Crippen LogP contribution in [0.15, 0.2) is 18.2 Å². The molecule has 5 heteroatoms. The zero-order valence-corrected chi connectivity index (χ0v) is 14.4. The average Bonchev–Trinajstić information content (AvgIpc) is 2.48. The third kappa shape index (κ3) is 4.00. The van der Waals surface area contributed by atoms with Gasteiger partial charge in [0.2, 0.25) is 0 Å². The molecule has 1 N–H and O–H groups in total. The summed E-state index contributed by atoms with van der Waals surface area (Å²) in [5, 5.41) is 12.0. The molecule has 1 heterocycles. The number of piperidine rings is 1. The molecular formula is C15H25NO2P2. The Bertz CT molecular complexity index is 442. The molecule has 2 unspecified atom stereocenters. The molecule has 3 nitrogen and oxygen atoms in total. The largest absolute Gasteiger partial charge is 0.395 e. The molecule has 0 spiro atoms. The second-order valence-corrected chi connectivity index (χ2v) is 6.64. The predicted octanol–water partition coefficient (Wildman–Crippen LogP) is 0.702. The van der Waals surface area contributed by atoms with Crippen molar-refractivity contribution in [2.24, 2.45) is 0 Å². The minimum Gasteiger partial charge on any atom is -0.395 e. The van der Waals surface area contributed by atoms with E-state index in [2.05, 4.69) is 41.6 Å². The molecule has 1 aromatic rings. The van der Waals surface area contributed by atoms with Crippen LogP contribution >= 0.6 is 18.5 Å². The van der Waals surface area contributed by atoms with Crippen molar-refractivity contribution >= 4 is 29.1 Å². The summed E-state index contributed by atoms with van der Waals surface area (Å²) in [6.07, 6.45) is 3.38. The lowest BCUT2D eigenvalue weighted by molar-refractivity contribution is -0.00870. The topological polar surface area (TPSA) is 32.7 Å². The van der Waals surface area contributed by atoms with Gasteiger partial charge >= 0.3 is 0 Å². The van der Waals surface area contributed by atoms with Crippen LogP contribution in [0.5, 0.6) is 0 Å². The highest BCUT2D eigenvalue weighted by Gasteiger charge is 2.27. The van der Waals surface area contributed by atoms with Crippen LogP contribution in [-0.2, 0) is 11.2 Å². The molecule has 20 heavy (non-hydrogen) atoms. The fourth-order valence-electron chi connectivity index (χ4n) is 2.85. The van der Waals surface area contributed by atoms with Crippen molar-refractivity contribution in [1.82, 2.24) is 4.90 Å². The summed E-state index contributed by atoms with van der Waals surface area (Å²) in [7, 11) is 7.38. The van der Waals surface area contributed by atoms with Gasteiger partial charge in [0.1, 0.15) is 0 Å². The number of aliphatic hydroxyl groups excluding tert-OH is 1. The van der Waals surface area contributed by atoms with Crippen molar-refractivity contribution in [3.63, 3.8) is 0 Å². The number of hydrogen-bond acceptors (Lipinski definition) is 3. The summed E-state index contributed by atoms with van der Waals surface area (Å²) in [5.74, 6) is 0. The van der Waals surface area contributed by atoms with E-state index in [9.17, 15) is 5.11 Å². The molecule has 0 aliphatic carbocycles. The summed E-state index contributed by atoms with van der Waals surface area (Å²) in [5.41, 5.74) is 1.36. The summed E-state index contributed by atoms with van der Waals surface area (Å²) in [6, 6.07) is 6.67. The molecule has 4 atom stereocenters. The first-order chi connectivity index (χ1) is 9.65. The van der Waals surface area contributed by atoms with Gasteiger partial charge in [-0.05, 0) is 35.4 Å². The fraction of sp³-hybridized carbons (Fsp3) is 0.600.